The number of imide groups is 1. The fourth-order valence-corrected chi connectivity index (χ4v) is 4.93. The van der Waals surface area contributed by atoms with E-state index < -0.39 is 23.3 Å². The molecule has 0 radical (unpaired) electrons. The van der Waals surface area contributed by atoms with Gasteiger partial charge in [-0.15, -0.1) is 0 Å². The van der Waals surface area contributed by atoms with Crippen molar-refractivity contribution < 1.29 is 29.2 Å². The van der Waals surface area contributed by atoms with Crippen molar-refractivity contribution in [3.8, 4) is 5.75 Å². The number of nitrogens with two attached hydrogens (primary N) is 1. The van der Waals surface area contributed by atoms with E-state index in [2.05, 4.69) is 0 Å². The van der Waals surface area contributed by atoms with Gasteiger partial charge >= 0.3 is 5.97 Å². The molecular formula is C19H25N2O5S+. The van der Waals surface area contributed by atoms with Crippen molar-refractivity contribution >= 4 is 29.5 Å². The molecule has 146 valence electrons. The van der Waals surface area contributed by atoms with Crippen LogP contribution in [0.5, 0.6) is 5.75 Å². The van der Waals surface area contributed by atoms with Crippen LogP contribution in [0.3, 0.4) is 0 Å². The minimum atomic E-state index is -1.09. The lowest BCUT2D eigenvalue weighted by Crippen LogP contribution is -2.98. The molecule has 0 aliphatic carbocycles. The number of ether oxygens (including phenoxy) is 2. The van der Waals surface area contributed by atoms with E-state index in [0.717, 1.165) is 10.5 Å². The van der Waals surface area contributed by atoms with E-state index in [1.807, 2.05) is 35.8 Å². The number of methoxy groups -OCH3 is 2. The fourth-order valence-electron chi connectivity index (χ4n) is 4.39. The molecule has 7 nitrogen and oxygen atoms in total. The van der Waals surface area contributed by atoms with Crippen LogP contribution in [0.1, 0.15) is 18.0 Å². The second-order valence-electron chi connectivity index (χ2n) is 6.98. The Hall–Kier alpha value is -2.06. The molecule has 2 N–H and O–H groups in total. The summed E-state index contributed by atoms with van der Waals surface area (Å²) in [6.45, 7) is 0. The normalized spacial score (nSPS) is 29.8. The number of hydrogen-bond donors (Lipinski definition) is 1. The number of nitrogens with zero attached hydrogens (tertiary/aromatic N) is 1. The maximum absolute atomic E-state index is 12.9. The lowest BCUT2D eigenvalue weighted by Gasteiger charge is -2.28. The molecule has 0 aromatic heterocycles. The summed E-state index contributed by atoms with van der Waals surface area (Å²) in [5.74, 6) is -0.894. The number of rotatable bonds is 6. The number of esters is 1. The van der Waals surface area contributed by atoms with Crippen LogP contribution in [0.2, 0.25) is 0 Å². The average molecular weight is 393 g/mol. The van der Waals surface area contributed by atoms with E-state index in [-0.39, 0.29) is 17.9 Å². The standard InChI is InChI=1S/C19H24N2O5S/c1-21-16(22)13-14(17(21)23)19(9-10-27-4,18(24)26-3)20-15(13)11-5-7-12(25-2)8-6-11/h5-8,13-15,20H,9-10H2,1-4H3/p+1/t13-,14-,15-,19+/m0/s1. The van der Waals surface area contributed by atoms with E-state index in [9.17, 15) is 14.4 Å². The van der Waals surface area contributed by atoms with Gasteiger partial charge in [-0.05, 0) is 36.3 Å². The molecule has 2 heterocycles. The zero-order valence-electron chi connectivity index (χ0n) is 15.9. The summed E-state index contributed by atoms with van der Waals surface area (Å²) < 4.78 is 10.3. The lowest BCUT2D eigenvalue weighted by molar-refractivity contribution is -0.734. The van der Waals surface area contributed by atoms with E-state index >= 15 is 0 Å². The van der Waals surface area contributed by atoms with Gasteiger partial charge in [0.1, 0.15) is 23.6 Å². The van der Waals surface area contributed by atoms with Gasteiger partial charge in [-0.25, -0.2) is 4.79 Å². The summed E-state index contributed by atoms with van der Waals surface area (Å²) >= 11 is 1.60. The minimum absolute atomic E-state index is 0.239. The number of carbonyl (C=O) groups excluding carboxylic acids is 3. The van der Waals surface area contributed by atoms with Crippen molar-refractivity contribution in [1.82, 2.24) is 4.90 Å². The van der Waals surface area contributed by atoms with Crippen molar-refractivity contribution in [3.63, 3.8) is 0 Å². The maximum Gasteiger partial charge on any atom is 0.368 e. The molecule has 2 saturated heterocycles. The molecule has 2 aliphatic rings. The summed E-state index contributed by atoms with van der Waals surface area (Å²) in [5, 5.41) is 1.88. The number of quaternary nitrogens is 1. The van der Waals surface area contributed by atoms with Gasteiger partial charge in [-0.3, -0.25) is 14.5 Å². The molecular weight excluding hydrogens is 368 g/mol. The molecule has 2 amide bonds. The first kappa shape index (κ1) is 19.7. The first-order valence-corrected chi connectivity index (χ1v) is 10.2. The molecule has 4 atom stereocenters. The number of carbonyl (C=O) groups is 3. The summed E-state index contributed by atoms with van der Waals surface area (Å²) in [6, 6.07) is 7.08. The average Bonchev–Trinajstić information content (AvgIpc) is 3.16. The zero-order valence-corrected chi connectivity index (χ0v) is 16.7. The van der Waals surface area contributed by atoms with Gasteiger partial charge in [0.2, 0.25) is 17.4 Å². The fraction of sp³-hybridized carbons (Fsp3) is 0.526. The highest BCUT2D eigenvalue weighted by molar-refractivity contribution is 7.98. The van der Waals surface area contributed by atoms with Crippen molar-refractivity contribution in [1.29, 1.82) is 0 Å². The van der Waals surface area contributed by atoms with Gasteiger partial charge in [-0.2, -0.15) is 11.8 Å². The predicted molar refractivity (Wildman–Crippen MR) is 100 cm³/mol. The molecule has 0 saturated carbocycles. The number of thioether (sulfide) groups is 1. The van der Waals surface area contributed by atoms with E-state index in [0.29, 0.717) is 17.9 Å². The van der Waals surface area contributed by atoms with Crippen LogP contribution in [0, 0.1) is 11.8 Å². The molecule has 27 heavy (non-hydrogen) atoms. The summed E-state index contributed by atoms with van der Waals surface area (Å²) in [5.41, 5.74) is -0.206. The van der Waals surface area contributed by atoms with Crippen molar-refractivity contribution in [3.05, 3.63) is 29.8 Å². The van der Waals surface area contributed by atoms with E-state index in [1.165, 1.54) is 14.2 Å². The summed E-state index contributed by atoms with van der Waals surface area (Å²) in [4.78, 5) is 39.8. The topological polar surface area (TPSA) is 89.5 Å². The number of likely N-dealkylation sites (tertiary alicyclic amines) is 1. The Bertz CT molecular complexity index is 753. The van der Waals surface area contributed by atoms with Crippen LogP contribution < -0.4 is 10.1 Å². The predicted octanol–water partition coefficient (Wildman–Crippen LogP) is 0.209. The maximum atomic E-state index is 12.9. The highest BCUT2D eigenvalue weighted by Gasteiger charge is 2.71. The Morgan fingerprint density at radius 1 is 1.22 bits per heavy atom. The van der Waals surface area contributed by atoms with Crippen molar-refractivity contribution in [2.24, 2.45) is 11.8 Å². The van der Waals surface area contributed by atoms with Crippen LogP contribution in [0.15, 0.2) is 24.3 Å². The molecule has 2 fully saturated rings. The van der Waals surface area contributed by atoms with Crippen LogP contribution in [0.25, 0.3) is 0 Å². The molecule has 8 heteroatoms. The highest BCUT2D eigenvalue weighted by Crippen LogP contribution is 2.45. The third kappa shape index (κ3) is 3.00. The van der Waals surface area contributed by atoms with Crippen molar-refractivity contribution in [2.75, 3.05) is 33.3 Å². The Balaban J connectivity index is 2.09. The van der Waals surface area contributed by atoms with Gasteiger partial charge < -0.3 is 14.8 Å². The van der Waals surface area contributed by atoms with Gasteiger partial charge in [-0.1, -0.05) is 0 Å². The Labute approximate surface area is 162 Å². The van der Waals surface area contributed by atoms with Gasteiger partial charge in [0.25, 0.3) is 0 Å². The first-order valence-electron chi connectivity index (χ1n) is 8.80. The van der Waals surface area contributed by atoms with Gasteiger partial charge in [0.15, 0.2) is 0 Å². The molecule has 0 bridgehead atoms. The quantitative estimate of drug-likeness (QED) is 0.549. The monoisotopic (exact) mass is 393 g/mol. The second kappa shape index (κ2) is 7.52. The zero-order chi connectivity index (χ0) is 19.8. The number of hydrogen-bond acceptors (Lipinski definition) is 6. The molecule has 1 aromatic rings. The molecule has 3 rings (SSSR count). The molecule has 0 spiro atoms. The number of amides is 2. The SMILES string of the molecule is COC(=O)[C@]1(CCSC)[NH2+][C@@H](c2ccc(OC)cc2)[C@H]2C(=O)N(C)C(=O)[C@H]21. The molecule has 1 aromatic carbocycles. The van der Waals surface area contributed by atoms with Gasteiger partial charge in [0, 0.05) is 19.0 Å². The first-order chi connectivity index (χ1) is 12.9. The number of benzene rings is 1. The molecule has 0 unspecified atom stereocenters. The third-order valence-corrected chi connectivity index (χ3v) is 6.39. The second-order valence-corrected chi connectivity index (χ2v) is 7.96. The summed E-state index contributed by atoms with van der Waals surface area (Å²) in [6.07, 6.45) is 2.41. The van der Waals surface area contributed by atoms with Crippen LogP contribution >= 0.6 is 11.8 Å². The van der Waals surface area contributed by atoms with Crippen LogP contribution in [-0.2, 0) is 19.1 Å². The Morgan fingerprint density at radius 3 is 2.44 bits per heavy atom. The lowest BCUT2D eigenvalue weighted by atomic mass is 9.78. The summed E-state index contributed by atoms with van der Waals surface area (Å²) in [7, 11) is 4.41. The highest BCUT2D eigenvalue weighted by atomic mass is 32.2. The largest absolute Gasteiger partial charge is 0.497 e. The Morgan fingerprint density at radius 2 is 1.89 bits per heavy atom. The van der Waals surface area contributed by atoms with E-state index in [1.54, 1.807) is 18.9 Å². The Kier molecular flexibility index (Phi) is 5.48. The third-order valence-electron chi connectivity index (χ3n) is 5.78. The smallest absolute Gasteiger partial charge is 0.368 e. The number of fused-ring (bicyclic) bond motifs is 1. The molecule has 2 aliphatic heterocycles. The van der Waals surface area contributed by atoms with Crippen LogP contribution in [0.4, 0.5) is 0 Å². The van der Waals surface area contributed by atoms with Gasteiger partial charge in [0.05, 0.1) is 14.2 Å². The van der Waals surface area contributed by atoms with Crippen LogP contribution in [-0.4, -0.2) is 61.5 Å². The van der Waals surface area contributed by atoms with Crippen molar-refractivity contribution in [2.45, 2.75) is 18.0 Å². The minimum Gasteiger partial charge on any atom is -0.497 e. The van der Waals surface area contributed by atoms with E-state index in [4.69, 9.17) is 9.47 Å².